The molecule has 0 radical (unpaired) electrons. The largest absolute Gasteiger partial charge is 0.507 e. The molecular formula is C15H16OS. The fourth-order valence-corrected chi connectivity index (χ4v) is 2.60. The minimum Gasteiger partial charge on any atom is -0.507 e. The molecule has 0 atom stereocenters. The monoisotopic (exact) mass is 244 g/mol. The number of phenolic OH excluding ortho intramolecular Hbond substituents is 1. The highest BCUT2D eigenvalue weighted by Crippen LogP contribution is 2.27. The summed E-state index contributed by atoms with van der Waals surface area (Å²) in [5.74, 6) is 0.399. The molecule has 0 aliphatic rings. The summed E-state index contributed by atoms with van der Waals surface area (Å²) in [4.78, 5) is 1.29. The fourth-order valence-electron chi connectivity index (χ4n) is 1.90. The minimum absolute atomic E-state index is 0.399. The van der Waals surface area contributed by atoms with E-state index in [4.69, 9.17) is 0 Å². The molecule has 1 aromatic heterocycles. The van der Waals surface area contributed by atoms with Gasteiger partial charge in [-0.2, -0.15) is 0 Å². The van der Waals surface area contributed by atoms with Crippen LogP contribution in [0.5, 0.6) is 5.75 Å². The molecule has 1 aromatic carbocycles. The Labute approximate surface area is 106 Å². The normalized spacial score (nSPS) is 11.8. The van der Waals surface area contributed by atoms with Gasteiger partial charge in [-0.1, -0.05) is 12.1 Å². The summed E-state index contributed by atoms with van der Waals surface area (Å²) in [6.45, 7) is 5.98. The van der Waals surface area contributed by atoms with Gasteiger partial charge in [-0.05, 0) is 66.6 Å². The van der Waals surface area contributed by atoms with E-state index in [1.807, 2.05) is 26.0 Å². The Morgan fingerprint density at radius 3 is 2.41 bits per heavy atom. The zero-order valence-electron chi connectivity index (χ0n) is 10.3. The molecule has 17 heavy (non-hydrogen) atoms. The lowest BCUT2D eigenvalue weighted by atomic mass is 10.0. The summed E-state index contributed by atoms with van der Waals surface area (Å²) >= 11 is 1.74. The third-order valence-electron chi connectivity index (χ3n) is 2.81. The number of aryl methyl sites for hydroxylation is 2. The van der Waals surface area contributed by atoms with Crippen molar-refractivity contribution < 1.29 is 5.11 Å². The van der Waals surface area contributed by atoms with Gasteiger partial charge in [-0.25, -0.2) is 0 Å². The predicted molar refractivity (Wildman–Crippen MR) is 75.4 cm³/mol. The molecule has 0 saturated heterocycles. The number of aromatic hydroxyl groups is 1. The molecule has 0 bridgehead atoms. The molecule has 1 N–H and O–H groups in total. The second kappa shape index (κ2) is 4.76. The van der Waals surface area contributed by atoms with Crippen LogP contribution in [0.15, 0.2) is 29.6 Å². The Balaban J connectivity index is 2.39. The minimum atomic E-state index is 0.399. The Morgan fingerprint density at radius 1 is 1.24 bits per heavy atom. The van der Waals surface area contributed by atoms with E-state index < -0.39 is 0 Å². The maximum absolute atomic E-state index is 9.73. The van der Waals surface area contributed by atoms with Gasteiger partial charge in [0.2, 0.25) is 0 Å². The van der Waals surface area contributed by atoms with E-state index in [1.54, 1.807) is 11.3 Å². The van der Waals surface area contributed by atoms with Gasteiger partial charge in [-0.3, -0.25) is 0 Å². The van der Waals surface area contributed by atoms with E-state index >= 15 is 0 Å². The van der Waals surface area contributed by atoms with Gasteiger partial charge in [0.05, 0.1) is 0 Å². The molecule has 0 saturated carbocycles. The third-order valence-corrected chi connectivity index (χ3v) is 3.81. The summed E-state index contributed by atoms with van der Waals surface area (Å²) in [6.07, 6.45) is 2.16. The van der Waals surface area contributed by atoms with Crippen molar-refractivity contribution in [2.24, 2.45) is 0 Å². The van der Waals surface area contributed by atoms with Crippen molar-refractivity contribution in [2.75, 3.05) is 0 Å². The van der Waals surface area contributed by atoms with Gasteiger partial charge in [0.25, 0.3) is 0 Å². The van der Waals surface area contributed by atoms with Crippen molar-refractivity contribution in [1.82, 2.24) is 0 Å². The first-order chi connectivity index (χ1) is 8.08. The second-order valence-electron chi connectivity index (χ2n) is 4.31. The van der Waals surface area contributed by atoms with Gasteiger partial charge >= 0.3 is 0 Å². The molecule has 1 nitrogen and oxygen atoms in total. The van der Waals surface area contributed by atoms with Gasteiger partial charge in [0.15, 0.2) is 0 Å². The van der Waals surface area contributed by atoms with E-state index in [1.165, 1.54) is 10.5 Å². The Bertz CT molecular complexity index is 527. The van der Waals surface area contributed by atoms with Crippen LogP contribution in [0, 0.1) is 13.8 Å². The number of hydrogen-bond acceptors (Lipinski definition) is 2. The maximum atomic E-state index is 9.73. The van der Waals surface area contributed by atoms with Crippen LogP contribution < -0.4 is 0 Å². The number of allylic oxidation sites excluding steroid dienone is 1. The van der Waals surface area contributed by atoms with Crippen LogP contribution >= 0.6 is 11.3 Å². The number of hydrogen-bond donors (Lipinski definition) is 1. The molecule has 0 aliphatic heterocycles. The zero-order chi connectivity index (χ0) is 12.4. The molecule has 0 fully saturated rings. The topological polar surface area (TPSA) is 20.2 Å². The van der Waals surface area contributed by atoms with Gasteiger partial charge in [-0.15, -0.1) is 11.3 Å². The average molecular weight is 244 g/mol. The highest BCUT2D eigenvalue weighted by Gasteiger charge is 2.03. The summed E-state index contributed by atoms with van der Waals surface area (Å²) in [6, 6.07) is 8.21. The predicted octanol–water partition coefficient (Wildman–Crippen LogP) is 4.63. The van der Waals surface area contributed by atoms with Crippen molar-refractivity contribution in [3.63, 3.8) is 0 Å². The molecule has 2 aromatic rings. The van der Waals surface area contributed by atoms with Crippen molar-refractivity contribution >= 4 is 23.0 Å². The van der Waals surface area contributed by atoms with Crippen LogP contribution in [0.1, 0.15) is 28.5 Å². The van der Waals surface area contributed by atoms with E-state index in [0.717, 1.165) is 16.7 Å². The van der Waals surface area contributed by atoms with Crippen molar-refractivity contribution in [2.45, 2.75) is 20.8 Å². The van der Waals surface area contributed by atoms with Crippen molar-refractivity contribution in [3.05, 3.63) is 51.2 Å². The summed E-state index contributed by atoms with van der Waals surface area (Å²) in [7, 11) is 0. The molecule has 88 valence electrons. The molecule has 0 amide bonds. The van der Waals surface area contributed by atoms with Crippen LogP contribution in [-0.4, -0.2) is 5.11 Å². The Kier molecular flexibility index (Phi) is 3.34. The molecule has 1 heterocycles. The van der Waals surface area contributed by atoms with Gasteiger partial charge in [0.1, 0.15) is 5.75 Å². The van der Waals surface area contributed by atoms with Crippen LogP contribution in [0.4, 0.5) is 0 Å². The summed E-state index contributed by atoms with van der Waals surface area (Å²) < 4.78 is 0. The molecule has 2 rings (SSSR count). The quantitative estimate of drug-likeness (QED) is 0.816. The summed E-state index contributed by atoms with van der Waals surface area (Å²) in [5, 5.41) is 11.8. The van der Waals surface area contributed by atoms with E-state index in [9.17, 15) is 5.11 Å². The highest BCUT2D eigenvalue weighted by molar-refractivity contribution is 7.11. The lowest BCUT2D eigenvalue weighted by Crippen LogP contribution is -1.84. The van der Waals surface area contributed by atoms with E-state index in [-0.39, 0.29) is 0 Å². The Hall–Kier alpha value is -1.54. The third kappa shape index (κ3) is 2.59. The molecule has 0 unspecified atom stereocenters. The van der Waals surface area contributed by atoms with Gasteiger partial charge in [0, 0.05) is 4.88 Å². The number of benzene rings is 1. The van der Waals surface area contributed by atoms with Crippen molar-refractivity contribution in [1.29, 1.82) is 0 Å². The van der Waals surface area contributed by atoms with Gasteiger partial charge < -0.3 is 5.11 Å². The lowest BCUT2D eigenvalue weighted by Gasteiger charge is -2.06. The fraction of sp³-hybridized carbons (Fsp3) is 0.200. The second-order valence-corrected chi connectivity index (χ2v) is 5.26. The highest BCUT2D eigenvalue weighted by atomic mass is 32.1. The lowest BCUT2D eigenvalue weighted by molar-refractivity contribution is 0.467. The van der Waals surface area contributed by atoms with Crippen LogP contribution in [0.25, 0.3) is 11.6 Å². The number of rotatable bonds is 2. The molecule has 2 heteroatoms. The van der Waals surface area contributed by atoms with Crippen LogP contribution in [0.3, 0.4) is 0 Å². The SMILES string of the molecule is C/C(=C\c1cc(C)c(O)c(C)c1)c1cccs1. The first-order valence-corrected chi connectivity index (χ1v) is 6.48. The molecular weight excluding hydrogens is 228 g/mol. The van der Waals surface area contributed by atoms with E-state index in [0.29, 0.717) is 5.75 Å². The molecule has 0 spiro atoms. The summed E-state index contributed by atoms with van der Waals surface area (Å²) in [5.41, 5.74) is 4.25. The first kappa shape index (κ1) is 11.9. The molecule has 0 aliphatic carbocycles. The zero-order valence-corrected chi connectivity index (χ0v) is 11.1. The maximum Gasteiger partial charge on any atom is 0.121 e. The smallest absolute Gasteiger partial charge is 0.121 e. The van der Waals surface area contributed by atoms with E-state index in [2.05, 4.69) is 30.5 Å². The van der Waals surface area contributed by atoms with Crippen molar-refractivity contribution in [3.8, 4) is 5.75 Å². The number of thiophene rings is 1. The Morgan fingerprint density at radius 2 is 1.88 bits per heavy atom. The van der Waals surface area contributed by atoms with Crippen LogP contribution in [-0.2, 0) is 0 Å². The van der Waals surface area contributed by atoms with Crippen LogP contribution in [0.2, 0.25) is 0 Å². The standard InChI is InChI=1S/C15H16OS/c1-10(14-5-4-6-17-14)7-13-8-11(2)15(16)12(3)9-13/h4-9,16H,1-3H3/b10-7+. The first-order valence-electron chi connectivity index (χ1n) is 5.60. The average Bonchev–Trinajstić information content (AvgIpc) is 2.79. The number of phenols is 1.